The van der Waals surface area contributed by atoms with Crippen molar-refractivity contribution in [1.82, 2.24) is 9.71 Å². The van der Waals surface area contributed by atoms with Gasteiger partial charge in [0.05, 0.1) is 11.2 Å². The van der Waals surface area contributed by atoms with Crippen LogP contribution in [0.3, 0.4) is 0 Å². The Morgan fingerprint density at radius 3 is 2.34 bits per heavy atom. The summed E-state index contributed by atoms with van der Waals surface area (Å²) in [6, 6.07) is 18.6. The average molecular weight is 517 g/mol. The van der Waals surface area contributed by atoms with Crippen LogP contribution in [-0.4, -0.2) is 24.8 Å². The van der Waals surface area contributed by atoms with E-state index in [1.165, 1.54) is 0 Å². The maximum absolute atomic E-state index is 12.6. The van der Waals surface area contributed by atoms with Crippen molar-refractivity contribution in [2.45, 2.75) is 49.6 Å². The third kappa shape index (κ3) is 6.35. The number of amides is 1. The summed E-state index contributed by atoms with van der Waals surface area (Å²) in [5.74, 6) is -0.585. The number of alkyl halides is 3. The number of hydrogen-bond acceptors (Lipinski definition) is 5. The SMILES string of the molecule is O=C(CC1(c2ccc(OCc3ccc4ccccc4n3)cc2)CCCC1)NS(=O)(=O)C(F)(F)F.[H-].[Na+]. The van der Waals surface area contributed by atoms with Gasteiger partial charge in [0.1, 0.15) is 12.4 Å². The van der Waals surface area contributed by atoms with Crippen LogP contribution in [0.25, 0.3) is 10.9 Å². The number of halogens is 3. The number of ether oxygens (including phenoxy) is 1. The van der Waals surface area contributed by atoms with Gasteiger partial charge < -0.3 is 6.16 Å². The maximum atomic E-state index is 12.6. The molecule has 4 rings (SSSR count). The molecule has 0 unspecified atom stereocenters. The molecule has 1 N–H and O–H groups in total. The molecular formula is C24H24F3N2NaO4S. The second kappa shape index (κ2) is 10.9. The summed E-state index contributed by atoms with van der Waals surface area (Å²) < 4.78 is 67.5. The van der Waals surface area contributed by atoms with Crippen LogP contribution in [0.4, 0.5) is 13.2 Å². The molecule has 35 heavy (non-hydrogen) atoms. The van der Waals surface area contributed by atoms with Gasteiger partial charge in [-0.3, -0.25) is 4.79 Å². The van der Waals surface area contributed by atoms with Crippen molar-refractivity contribution in [2.75, 3.05) is 0 Å². The van der Waals surface area contributed by atoms with Crippen molar-refractivity contribution in [3.63, 3.8) is 0 Å². The van der Waals surface area contributed by atoms with Gasteiger partial charge >= 0.3 is 45.1 Å². The van der Waals surface area contributed by atoms with Gasteiger partial charge in [0.2, 0.25) is 5.91 Å². The molecule has 0 bridgehead atoms. The molecule has 0 atom stereocenters. The molecule has 3 aromatic rings. The molecule has 1 aliphatic rings. The van der Waals surface area contributed by atoms with Crippen molar-refractivity contribution >= 4 is 26.8 Å². The first-order valence-electron chi connectivity index (χ1n) is 10.8. The van der Waals surface area contributed by atoms with E-state index in [0.29, 0.717) is 18.6 Å². The minimum atomic E-state index is -5.73. The zero-order chi connectivity index (χ0) is 24.4. The normalized spacial score (nSPS) is 15.4. The van der Waals surface area contributed by atoms with Crippen molar-refractivity contribution < 1.29 is 62.1 Å². The number of pyridine rings is 1. The van der Waals surface area contributed by atoms with E-state index in [4.69, 9.17) is 4.74 Å². The Kier molecular flexibility index (Phi) is 8.52. The zero-order valence-electron chi connectivity index (χ0n) is 20.1. The number of para-hydroxylation sites is 1. The third-order valence-corrected chi connectivity index (χ3v) is 7.23. The molecule has 182 valence electrons. The monoisotopic (exact) mass is 516 g/mol. The number of nitrogens with one attached hydrogen (secondary N) is 1. The van der Waals surface area contributed by atoms with Gasteiger partial charge in [-0.1, -0.05) is 49.2 Å². The minimum Gasteiger partial charge on any atom is -1.00 e. The van der Waals surface area contributed by atoms with Gasteiger partial charge in [0, 0.05) is 17.2 Å². The van der Waals surface area contributed by atoms with E-state index >= 15 is 0 Å². The van der Waals surface area contributed by atoms with Crippen LogP contribution >= 0.6 is 0 Å². The molecule has 0 saturated heterocycles. The number of carbonyl (C=O) groups excluding carboxylic acids is 1. The molecule has 1 aromatic heterocycles. The summed E-state index contributed by atoms with van der Waals surface area (Å²) in [4.78, 5) is 16.8. The first-order valence-corrected chi connectivity index (χ1v) is 12.3. The number of nitrogens with zero attached hydrogens (tertiary/aromatic N) is 1. The van der Waals surface area contributed by atoms with Crippen LogP contribution in [0.2, 0.25) is 0 Å². The molecule has 1 saturated carbocycles. The Morgan fingerprint density at radius 2 is 1.69 bits per heavy atom. The van der Waals surface area contributed by atoms with E-state index in [-0.39, 0.29) is 44.0 Å². The fourth-order valence-corrected chi connectivity index (χ4v) is 4.91. The van der Waals surface area contributed by atoms with E-state index in [2.05, 4.69) is 4.98 Å². The summed E-state index contributed by atoms with van der Waals surface area (Å²) in [5, 5.41) is 1.03. The Morgan fingerprint density at radius 1 is 1.03 bits per heavy atom. The minimum absolute atomic E-state index is 0. The molecular weight excluding hydrogens is 492 g/mol. The van der Waals surface area contributed by atoms with E-state index in [1.54, 1.807) is 24.3 Å². The molecule has 0 radical (unpaired) electrons. The standard InChI is InChI=1S/C24H23F3N2O4S.Na.H/c25-24(26,27)34(31,32)29-22(30)15-23(13-3-4-14-23)18-8-11-20(12-9-18)33-16-19-10-7-17-5-1-2-6-21(17)28-19;;/h1-2,5-12H,3-4,13-16H2,(H,29,30);;/q;+1;-1. The van der Waals surface area contributed by atoms with Gasteiger partial charge in [-0.15, -0.1) is 0 Å². The topological polar surface area (TPSA) is 85.4 Å². The molecule has 6 nitrogen and oxygen atoms in total. The second-order valence-corrected chi connectivity index (χ2v) is 10.1. The molecule has 0 spiro atoms. The van der Waals surface area contributed by atoms with Gasteiger partial charge in [0.15, 0.2) is 0 Å². The van der Waals surface area contributed by atoms with Crippen molar-refractivity contribution in [3.8, 4) is 5.75 Å². The van der Waals surface area contributed by atoms with Crippen LogP contribution < -0.4 is 39.0 Å². The molecule has 0 aliphatic heterocycles. The third-order valence-electron chi connectivity index (χ3n) is 6.12. The number of hydrogen-bond donors (Lipinski definition) is 1. The second-order valence-electron chi connectivity index (χ2n) is 8.45. The fourth-order valence-electron chi connectivity index (χ4n) is 4.42. The van der Waals surface area contributed by atoms with Crippen LogP contribution in [0.15, 0.2) is 60.7 Å². The largest absolute Gasteiger partial charge is 1.00 e. The number of sulfonamides is 1. The Balaban J connectivity index is 0.00000228. The summed E-state index contributed by atoms with van der Waals surface area (Å²) >= 11 is 0. The number of aromatic nitrogens is 1. The first-order chi connectivity index (χ1) is 16.1. The summed E-state index contributed by atoms with van der Waals surface area (Å²) in [6.45, 7) is 0.257. The quantitative estimate of drug-likeness (QED) is 0.487. The summed E-state index contributed by atoms with van der Waals surface area (Å²) in [7, 11) is -5.73. The van der Waals surface area contributed by atoms with Gasteiger partial charge in [-0.25, -0.2) is 9.71 Å². The molecule has 1 amide bonds. The number of carbonyl (C=O) groups is 1. The van der Waals surface area contributed by atoms with Gasteiger partial charge in [-0.2, -0.15) is 21.6 Å². The predicted molar refractivity (Wildman–Crippen MR) is 122 cm³/mol. The van der Waals surface area contributed by atoms with Crippen LogP contribution in [0.1, 0.15) is 44.8 Å². The van der Waals surface area contributed by atoms with Crippen LogP contribution in [-0.2, 0) is 26.8 Å². The van der Waals surface area contributed by atoms with E-state index < -0.39 is 26.9 Å². The number of benzene rings is 2. The van der Waals surface area contributed by atoms with Gasteiger partial charge in [-0.05, 0) is 42.7 Å². The van der Waals surface area contributed by atoms with E-state index in [9.17, 15) is 26.4 Å². The molecule has 1 aliphatic carbocycles. The molecule has 2 aromatic carbocycles. The van der Waals surface area contributed by atoms with Gasteiger partial charge in [0.25, 0.3) is 0 Å². The first kappa shape index (κ1) is 27.4. The van der Waals surface area contributed by atoms with E-state index in [0.717, 1.165) is 39.7 Å². The average Bonchev–Trinajstić information content (AvgIpc) is 3.26. The summed E-state index contributed by atoms with van der Waals surface area (Å²) in [5.41, 5.74) is -3.86. The maximum Gasteiger partial charge on any atom is 1.00 e. The molecule has 1 fully saturated rings. The Labute approximate surface area is 225 Å². The Bertz CT molecular complexity index is 1300. The number of rotatable bonds is 7. The zero-order valence-corrected chi connectivity index (χ0v) is 22.0. The molecule has 11 heteroatoms. The van der Waals surface area contributed by atoms with Crippen molar-refractivity contribution in [1.29, 1.82) is 0 Å². The van der Waals surface area contributed by atoms with Crippen molar-refractivity contribution in [3.05, 3.63) is 71.9 Å². The smallest absolute Gasteiger partial charge is 1.00 e. The fraction of sp³-hybridized carbons (Fsp3) is 0.333. The van der Waals surface area contributed by atoms with Crippen molar-refractivity contribution in [2.24, 2.45) is 0 Å². The molecule has 1 heterocycles. The van der Waals surface area contributed by atoms with Crippen LogP contribution in [0, 0.1) is 0 Å². The van der Waals surface area contributed by atoms with E-state index in [1.807, 2.05) is 36.4 Å². The van der Waals surface area contributed by atoms with Crippen LogP contribution in [0.5, 0.6) is 5.75 Å². The predicted octanol–water partition coefficient (Wildman–Crippen LogP) is 2.10. The Hall–Kier alpha value is -2.14. The summed E-state index contributed by atoms with van der Waals surface area (Å²) in [6.07, 6.45) is 2.40. The number of fused-ring (bicyclic) bond motifs is 1.